The van der Waals surface area contributed by atoms with Crippen LogP contribution in [0.2, 0.25) is 0 Å². The number of ether oxygens (including phenoxy) is 1. The summed E-state index contributed by atoms with van der Waals surface area (Å²) in [6.45, 7) is 1.87. The first kappa shape index (κ1) is 14.1. The normalized spacial score (nSPS) is 11.7. The van der Waals surface area contributed by atoms with Crippen molar-refractivity contribution in [3.8, 4) is 16.9 Å². The van der Waals surface area contributed by atoms with Gasteiger partial charge in [-0.1, -0.05) is 49.4 Å². The zero-order chi connectivity index (χ0) is 14.4. The molecular weight excluding hydrogens is 252 g/mol. The van der Waals surface area contributed by atoms with Crippen molar-refractivity contribution in [1.82, 2.24) is 5.43 Å². The first-order valence-corrected chi connectivity index (χ1v) is 6.57. The van der Waals surface area contributed by atoms with Crippen molar-refractivity contribution in [2.45, 2.75) is 19.4 Å². The highest BCUT2D eigenvalue weighted by Gasteiger charge is 2.16. The summed E-state index contributed by atoms with van der Waals surface area (Å²) in [5.41, 5.74) is 4.36. The van der Waals surface area contributed by atoms with Gasteiger partial charge in [-0.2, -0.15) is 0 Å². The fourth-order valence-electron chi connectivity index (χ4n) is 1.94. The van der Waals surface area contributed by atoms with Crippen molar-refractivity contribution in [2.24, 2.45) is 5.84 Å². The topological polar surface area (TPSA) is 64.3 Å². The summed E-state index contributed by atoms with van der Waals surface area (Å²) < 4.78 is 5.62. The molecule has 4 heteroatoms. The Hall–Kier alpha value is -2.33. The molecule has 2 rings (SSSR count). The highest BCUT2D eigenvalue weighted by atomic mass is 16.5. The Balaban J connectivity index is 2.10. The zero-order valence-electron chi connectivity index (χ0n) is 11.4. The van der Waals surface area contributed by atoms with Crippen LogP contribution < -0.4 is 16.0 Å². The molecule has 1 unspecified atom stereocenters. The van der Waals surface area contributed by atoms with E-state index >= 15 is 0 Å². The van der Waals surface area contributed by atoms with Gasteiger partial charge in [-0.3, -0.25) is 10.2 Å². The molecule has 0 fully saturated rings. The van der Waals surface area contributed by atoms with Crippen LogP contribution in [0.1, 0.15) is 13.3 Å². The minimum absolute atomic E-state index is 0.320. The second-order valence-corrected chi connectivity index (χ2v) is 4.41. The van der Waals surface area contributed by atoms with Crippen LogP contribution in [0.4, 0.5) is 0 Å². The standard InChI is InChI=1S/C16H18N2O2/c1-2-15(16(19)18-17)20-14-10-8-13(9-11-14)12-6-4-3-5-7-12/h3-11,15H,2,17H2,1H3,(H,18,19). The number of amides is 1. The van der Waals surface area contributed by atoms with Crippen molar-refractivity contribution in [2.75, 3.05) is 0 Å². The smallest absolute Gasteiger partial charge is 0.274 e. The fraction of sp³-hybridized carbons (Fsp3) is 0.188. The van der Waals surface area contributed by atoms with Crippen LogP contribution in [0.3, 0.4) is 0 Å². The van der Waals surface area contributed by atoms with Crippen molar-refractivity contribution in [3.63, 3.8) is 0 Å². The molecule has 2 aromatic rings. The Morgan fingerprint density at radius 2 is 1.70 bits per heavy atom. The molecular formula is C16H18N2O2. The summed E-state index contributed by atoms with van der Waals surface area (Å²) in [5.74, 6) is 5.46. The predicted octanol–water partition coefficient (Wildman–Crippen LogP) is 2.50. The third kappa shape index (κ3) is 3.36. The number of nitrogens with two attached hydrogens (primary N) is 1. The Labute approximate surface area is 118 Å². The maximum absolute atomic E-state index is 11.5. The van der Waals surface area contributed by atoms with Gasteiger partial charge in [-0.05, 0) is 29.7 Å². The van der Waals surface area contributed by atoms with Gasteiger partial charge in [0.25, 0.3) is 5.91 Å². The molecule has 3 N–H and O–H groups in total. The molecule has 1 amide bonds. The molecule has 0 saturated carbocycles. The molecule has 0 aliphatic heterocycles. The Morgan fingerprint density at radius 3 is 2.25 bits per heavy atom. The van der Waals surface area contributed by atoms with E-state index in [0.29, 0.717) is 12.2 Å². The van der Waals surface area contributed by atoms with Gasteiger partial charge < -0.3 is 4.74 Å². The lowest BCUT2D eigenvalue weighted by atomic mass is 10.1. The van der Waals surface area contributed by atoms with E-state index in [-0.39, 0.29) is 5.91 Å². The summed E-state index contributed by atoms with van der Waals surface area (Å²) in [7, 11) is 0. The maximum Gasteiger partial charge on any atom is 0.274 e. The number of hydrogen-bond donors (Lipinski definition) is 2. The van der Waals surface area contributed by atoms with Crippen LogP contribution in [-0.2, 0) is 4.79 Å². The van der Waals surface area contributed by atoms with Crippen molar-refractivity contribution >= 4 is 5.91 Å². The van der Waals surface area contributed by atoms with Gasteiger partial charge in [0, 0.05) is 0 Å². The van der Waals surface area contributed by atoms with Crippen molar-refractivity contribution in [1.29, 1.82) is 0 Å². The van der Waals surface area contributed by atoms with Crippen molar-refractivity contribution < 1.29 is 9.53 Å². The van der Waals surface area contributed by atoms with Crippen LogP contribution in [0.25, 0.3) is 11.1 Å². The minimum atomic E-state index is -0.567. The molecule has 0 spiro atoms. The van der Waals surface area contributed by atoms with Gasteiger partial charge in [-0.25, -0.2) is 5.84 Å². The van der Waals surface area contributed by atoms with Gasteiger partial charge in [0.15, 0.2) is 6.10 Å². The third-order valence-corrected chi connectivity index (χ3v) is 3.05. The molecule has 0 radical (unpaired) electrons. The molecule has 0 aliphatic rings. The van der Waals surface area contributed by atoms with Crippen molar-refractivity contribution in [3.05, 3.63) is 54.6 Å². The Bertz CT molecular complexity index is 552. The van der Waals surface area contributed by atoms with Gasteiger partial charge in [0.05, 0.1) is 0 Å². The zero-order valence-corrected chi connectivity index (χ0v) is 11.4. The molecule has 20 heavy (non-hydrogen) atoms. The van der Waals surface area contributed by atoms with E-state index in [1.165, 1.54) is 0 Å². The number of carbonyl (C=O) groups is 1. The van der Waals surface area contributed by atoms with E-state index in [9.17, 15) is 4.79 Å². The van der Waals surface area contributed by atoms with E-state index in [1.807, 2.05) is 61.5 Å². The lowest BCUT2D eigenvalue weighted by Gasteiger charge is -2.15. The van der Waals surface area contributed by atoms with E-state index in [2.05, 4.69) is 5.43 Å². The average molecular weight is 270 g/mol. The summed E-state index contributed by atoms with van der Waals surface area (Å²) in [4.78, 5) is 11.5. The van der Waals surface area contributed by atoms with E-state index in [4.69, 9.17) is 10.6 Å². The Morgan fingerprint density at radius 1 is 1.10 bits per heavy atom. The van der Waals surface area contributed by atoms with Crippen LogP contribution in [0.15, 0.2) is 54.6 Å². The van der Waals surface area contributed by atoms with Crippen LogP contribution in [0, 0.1) is 0 Å². The second-order valence-electron chi connectivity index (χ2n) is 4.41. The number of hydrazine groups is 1. The van der Waals surface area contributed by atoms with Gasteiger partial charge >= 0.3 is 0 Å². The number of carbonyl (C=O) groups excluding carboxylic acids is 1. The summed E-state index contributed by atoms with van der Waals surface area (Å²) >= 11 is 0. The second kappa shape index (κ2) is 6.73. The predicted molar refractivity (Wildman–Crippen MR) is 78.9 cm³/mol. The molecule has 104 valence electrons. The molecule has 0 aliphatic carbocycles. The van der Waals surface area contributed by atoms with Crippen LogP contribution >= 0.6 is 0 Å². The molecule has 2 aromatic carbocycles. The summed E-state index contributed by atoms with van der Waals surface area (Å²) in [6, 6.07) is 17.7. The summed E-state index contributed by atoms with van der Waals surface area (Å²) in [6.07, 6.45) is -0.00806. The lowest BCUT2D eigenvalue weighted by molar-refractivity contribution is -0.128. The SMILES string of the molecule is CCC(Oc1ccc(-c2ccccc2)cc1)C(=O)NN. The molecule has 0 heterocycles. The highest BCUT2D eigenvalue weighted by molar-refractivity contribution is 5.80. The molecule has 0 bridgehead atoms. The largest absolute Gasteiger partial charge is 0.481 e. The van der Waals surface area contributed by atoms with Crippen LogP contribution in [0.5, 0.6) is 5.75 Å². The third-order valence-electron chi connectivity index (χ3n) is 3.05. The molecule has 4 nitrogen and oxygen atoms in total. The number of rotatable bonds is 5. The van der Waals surface area contributed by atoms with Crippen LogP contribution in [-0.4, -0.2) is 12.0 Å². The monoisotopic (exact) mass is 270 g/mol. The number of hydrogen-bond acceptors (Lipinski definition) is 3. The molecule has 1 atom stereocenters. The highest BCUT2D eigenvalue weighted by Crippen LogP contribution is 2.22. The summed E-state index contributed by atoms with van der Waals surface area (Å²) in [5, 5.41) is 0. The maximum atomic E-state index is 11.5. The van der Waals surface area contributed by atoms with Gasteiger partial charge in [0.1, 0.15) is 5.75 Å². The van der Waals surface area contributed by atoms with E-state index in [1.54, 1.807) is 0 Å². The van der Waals surface area contributed by atoms with Gasteiger partial charge in [0.2, 0.25) is 0 Å². The molecule has 0 aromatic heterocycles. The first-order chi connectivity index (χ1) is 9.74. The van der Waals surface area contributed by atoms with Gasteiger partial charge in [-0.15, -0.1) is 0 Å². The van der Waals surface area contributed by atoms with E-state index in [0.717, 1.165) is 11.1 Å². The number of benzene rings is 2. The average Bonchev–Trinajstić information content (AvgIpc) is 2.53. The minimum Gasteiger partial charge on any atom is -0.481 e. The van der Waals surface area contributed by atoms with E-state index < -0.39 is 6.10 Å². The quantitative estimate of drug-likeness (QED) is 0.498. The lowest BCUT2D eigenvalue weighted by Crippen LogP contribution is -2.41. The first-order valence-electron chi connectivity index (χ1n) is 6.57. The number of nitrogens with one attached hydrogen (secondary N) is 1. The molecule has 0 saturated heterocycles. The Kier molecular flexibility index (Phi) is 4.74. The fourth-order valence-corrected chi connectivity index (χ4v) is 1.94.